The highest BCUT2D eigenvalue weighted by Gasteiger charge is 2.25. The zero-order valence-corrected chi connectivity index (χ0v) is 15.9. The van der Waals surface area contributed by atoms with Gasteiger partial charge in [0, 0.05) is 25.2 Å². The predicted octanol–water partition coefficient (Wildman–Crippen LogP) is 3.36. The number of benzene rings is 2. The van der Waals surface area contributed by atoms with Gasteiger partial charge in [0.05, 0.1) is 12.8 Å². The van der Waals surface area contributed by atoms with Crippen LogP contribution in [0.3, 0.4) is 0 Å². The van der Waals surface area contributed by atoms with Gasteiger partial charge in [-0.25, -0.2) is 0 Å². The van der Waals surface area contributed by atoms with Crippen LogP contribution < -0.4 is 15.0 Å². The van der Waals surface area contributed by atoms with E-state index in [1.165, 1.54) is 11.1 Å². The average molecular weight is 364 g/mol. The molecule has 0 fully saturated rings. The van der Waals surface area contributed by atoms with Gasteiger partial charge >= 0.3 is 0 Å². The van der Waals surface area contributed by atoms with Crippen molar-refractivity contribution in [1.29, 1.82) is 0 Å². The first-order valence-electron chi connectivity index (χ1n) is 9.03. The van der Waals surface area contributed by atoms with Crippen molar-refractivity contribution in [3.8, 4) is 5.75 Å². The Morgan fingerprint density at radius 2 is 1.89 bits per heavy atom. The minimum Gasteiger partial charge on any atom is -0.495 e. The molecule has 2 amide bonds. The molecule has 1 aliphatic rings. The lowest BCUT2D eigenvalue weighted by molar-refractivity contribution is -0.114. The molecule has 0 bridgehead atoms. The van der Waals surface area contributed by atoms with Gasteiger partial charge in [-0.05, 0) is 60.7 Å². The van der Waals surface area contributed by atoms with Crippen LogP contribution in [0.2, 0.25) is 0 Å². The number of fused-ring (bicyclic) bond motifs is 1. The van der Waals surface area contributed by atoms with E-state index in [0.29, 0.717) is 12.1 Å². The number of ether oxygens (including phenoxy) is 1. The Morgan fingerprint density at radius 1 is 1.15 bits per heavy atom. The minimum absolute atomic E-state index is 0.0739. The molecule has 140 valence electrons. The van der Waals surface area contributed by atoms with Gasteiger partial charge in [0.25, 0.3) is 11.8 Å². The number of aryl methyl sites for hydroxylation is 1. The van der Waals surface area contributed by atoms with Gasteiger partial charge in [0.15, 0.2) is 0 Å². The second-order valence-corrected chi connectivity index (χ2v) is 6.54. The monoisotopic (exact) mass is 364 g/mol. The highest BCUT2D eigenvalue weighted by Crippen LogP contribution is 2.38. The Kier molecular flexibility index (Phi) is 5.60. The standard InChI is InChI=1S/C22H24N2O3/c1-15-6-12-19(27-3)21-18(15)5-4-14-24(21)20(25)13-9-16-7-10-17(11-8-16)22(26)23-2/h6-13H,4-5,14H2,1-3H3,(H,23,26)/b13-9+. The zero-order chi connectivity index (χ0) is 19.4. The predicted molar refractivity (Wildman–Crippen MR) is 107 cm³/mol. The van der Waals surface area contributed by atoms with Crippen LogP contribution in [-0.4, -0.2) is 32.5 Å². The Hall–Kier alpha value is -3.08. The van der Waals surface area contributed by atoms with Crippen molar-refractivity contribution in [2.24, 2.45) is 0 Å². The van der Waals surface area contributed by atoms with E-state index >= 15 is 0 Å². The first-order valence-corrected chi connectivity index (χ1v) is 9.03. The summed E-state index contributed by atoms with van der Waals surface area (Å²) >= 11 is 0. The van der Waals surface area contributed by atoms with E-state index in [0.717, 1.165) is 29.8 Å². The van der Waals surface area contributed by atoms with Crippen LogP contribution in [0, 0.1) is 6.92 Å². The summed E-state index contributed by atoms with van der Waals surface area (Å²) in [7, 11) is 3.23. The summed E-state index contributed by atoms with van der Waals surface area (Å²) in [5.74, 6) is 0.524. The second-order valence-electron chi connectivity index (χ2n) is 6.54. The maximum atomic E-state index is 12.9. The Labute approximate surface area is 159 Å². The van der Waals surface area contributed by atoms with Crippen LogP contribution in [0.5, 0.6) is 5.75 Å². The number of nitrogens with zero attached hydrogens (tertiary/aromatic N) is 1. The number of anilines is 1. The van der Waals surface area contributed by atoms with Crippen molar-refractivity contribution in [2.45, 2.75) is 19.8 Å². The number of hydrogen-bond acceptors (Lipinski definition) is 3. The molecule has 0 unspecified atom stereocenters. The molecule has 1 N–H and O–H groups in total. The van der Waals surface area contributed by atoms with E-state index in [1.54, 1.807) is 43.3 Å². The highest BCUT2D eigenvalue weighted by molar-refractivity contribution is 6.05. The van der Waals surface area contributed by atoms with E-state index in [2.05, 4.69) is 12.2 Å². The van der Waals surface area contributed by atoms with E-state index in [-0.39, 0.29) is 11.8 Å². The van der Waals surface area contributed by atoms with E-state index in [1.807, 2.05) is 24.3 Å². The third-order valence-electron chi connectivity index (χ3n) is 4.86. The molecule has 0 aromatic heterocycles. The lowest BCUT2D eigenvalue weighted by Crippen LogP contribution is -2.34. The number of rotatable bonds is 4. The number of carbonyl (C=O) groups is 2. The highest BCUT2D eigenvalue weighted by atomic mass is 16.5. The maximum Gasteiger partial charge on any atom is 0.251 e. The lowest BCUT2D eigenvalue weighted by Gasteiger charge is -2.31. The molecule has 1 aliphatic heterocycles. The van der Waals surface area contributed by atoms with Gasteiger partial charge in [-0.3, -0.25) is 9.59 Å². The summed E-state index contributed by atoms with van der Waals surface area (Å²) < 4.78 is 5.50. The minimum atomic E-state index is -0.131. The SMILES string of the molecule is CNC(=O)c1ccc(/C=C/C(=O)N2CCCc3c(C)ccc(OC)c32)cc1. The molecular formula is C22H24N2O3. The summed E-state index contributed by atoms with van der Waals surface area (Å²) in [6.07, 6.45) is 5.23. The summed E-state index contributed by atoms with van der Waals surface area (Å²) in [6, 6.07) is 11.1. The first-order chi connectivity index (χ1) is 13.0. The molecule has 1 heterocycles. The fourth-order valence-electron chi connectivity index (χ4n) is 3.39. The molecule has 5 heteroatoms. The van der Waals surface area contributed by atoms with Gasteiger partial charge in [-0.1, -0.05) is 18.2 Å². The van der Waals surface area contributed by atoms with Gasteiger partial charge in [0.1, 0.15) is 5.75 Å². The smallest absolute Gasteiger partial charge is 0.251 e. The molecule has 0 aliphatic carbocycles. The summed E-state index contributed by atoms with van der Waals surface area (Å²) in [5, 5.41) is 2.59. The van der Waals surface area contributed by atoms with Gasteiger partial charge in [0.2, 0.25) is 0 Å². The molecule has 0 saturated carbocycles. The number of hydrogen-bond donors (Lipinski definition) is 1. The summed E-state index contributed by atoms with van der Waals surface area (Å²) in [4.78, 5) is 26.2. The fraction of sp³-hybridized carbons (Fsp3) is 0.273. The lowest BCUT2D eigenvalue weighted by atomic mass is 9.96. The van der Waals surface area contributed by atoms with Crippen LogP contribution in [0.4, 0.5) is 5.69 Å². The van der Waals surface area contributed by atoms with Crippen LogP contribution in [0.1, 0.15) is 33.5 Å². The molecule has 0 spiro atoms. The number of methoxy groups -OCH3 is 1. The Bertz CT molecular complexity index is 885. The molecular weight excluding hydrogens is 340 g/mol. The summed E-state index contributed by atoms with van der Waals surface area (Å²) in [5.41, 5.74) is 4.69. The van der Waals surface area contributed by atoms with E-state index in [4.69, 9.17) is 4.74 Å². The first kappa shape index (κ1) is 18.7. The van der Waals surface area contributed by atoms with Crippen molar-refractivity contribution >= 4 is 23.6 Å². The van der Waals surface area contributed by atoms with Crippen LogP contribution in [-0.2, 0) is 11.2 Å². The van der Waals surface area contributed by atoms with Crippen molar-refractivity contribution in [2.75, 3.05) is 25.6 Å². The topological polar surface area (TPSA) is 58.6 Å². The van der Waals surface area contributed by atoms with Gasteiger partial charge < -0.3 is 15.0 Å². The fourth-order valence-corrected chi connectivity index (χ4v) is 3.39. The second kappa shape index (κ2) is 8.08. The normalized spacial score (nSPS) is 13.4. The van der Waals surface area contributed by atoms with Crippen molar-refractivity contribution in [3.05, 3.63) is 64.7 Å². The van der Waals surface area contributed by atoms with Crippen molar-refractivity contribution in [3.63, 3.8) is 0 Å². The van der Waals surface area contributed by atoms with Crippen LogP contribution >= 0.6 is 0 Å². The molecule has 2 aromatic rings. The number of nitrogens with one attached hydrogen (secondary N) is 1. The largest absolute Gasteiger partial charge is 0.495 e. The zero-order valence-electron chi connectivity index (χ0n) is 15.9. The number of amides is 2. The molecule has 2 aromatic carbocycles. The quantitative estimate of drug-likeness (QED) is 0.847. The Balaban J connectivity index is 1.83. The van der Waals surface area contributed by atoms with E-state index < -0.39 is 0 Å². The molecule has 3 rings (SSSR count). The third kappa shape index (κ3) is 3.87. The maximum absolute atomic E-state index is 12.9. The molecule has 5 nitrogen and oxygen atoms in total. The van der Waals surface area contributed by atoms with Crippen molar-refractivity contribution < 1.29 is 14.3 Å². The van der Waals surface area contributed by atoms with Gasteiger partial charge in [-0.2, -0.15) is 0 Å². The molecule has 27 heavy (non-hydrogen) atoms. The van der Waals surface area contributed by atoms with Crippen LogP contribution in [0.15, 0.2) is 42.5 Å². The number of carbonyl (C=O) groups excluding carboxylic acids is 2. The van der Waals surface area contributed by atoms with Gasteiger partial charge in [-0.15, -0.1) is 0 Å². The van der Waals surface area contributed by atoms with E-state index in [9.17, 15) is 9.59 Å². The third-order valence-corrected chi connectivity index (χ3v) is 4.86. The summed E-state index contributed by atoms with van der Waals surface area (Å²) in [6.45, 7) is 2.74. The molecule has 0 atom stereocenters. The van der Waals surface area contributed by atoms with Crippen LogP contribution in [0.25, 0.3) is 6.08 Å². The molecule has 0 saturated heterocycles. The Morgan fingerprint density at radius 3 is 2.56 bits per heavy atom. The van der Waals surface area contributed by atoms with Crippen molar-refractivity contribution in [1.82, 2.24) is 5.32 Å². The average Bonchev–Trinajstić information content (AvgIpc) is 2.72. The molecule has 0 radical (unpaired) electrons.